The molecule has 0 saturated heterocycles. The minimum absolute atomic E-state index is 0.134. The highest BCUT2D eigenvalue weighted by Gasteiger charge is 2.14. The molecule has 0 bridgehead atoms. The lowest BCUT2D eigenvalue weighted by atomic mass is 10.2. The maximum Gasteiger partial charge on any atom is 0.251 e. The molecule has 1 aliphatic rings. The molecule has 25 heavy (non-hydrogen) atoms. The number of aryl methyl sites for hydroxylation is 1. The second-order valence-corrected chi connectivity index (χ2v) is 6.26. The van der Waals surface area contributed by atoms with E-state index in [0.717, 1.165) is 31.0 Å². The van der Waals surface area contributed by atoms with Gasteiger partial charge in [0.1, 0.15) is 11.6 Å². The van der Waals surface area contributed by atoms with Gasteiger partial charge >= 0.3 is 0 Å². The molecule has 2 aromatic rings. The molecular formula is C18H23N5O2. The first-order chi connectivity index (χ1) is 12.1. The highest BCUT2D eigenvalue weighted by molar-refractivity contribution is 5.95. The van der Waals surface area contributed by atoms with Crippen LogP contribution in [0.5, 0.6) is 0 Å². The van der Waals surface area contributed by atoms with Crippen molar-refractivity contribution in [3.63, 3.8) is 0 Å². The maximum atomic E-state index is 12.2. The summed E-state index contributed by atoms with van der Waals surface area (Å²) in [6.45, 7) is 2.94. The van der Waals surface area contributed by atoms with Gasteiger partial charge in [-0.2, -0.15) is 0 Å². The van der Waals surface area contributed by atoms with E-state index >= 15 is 0 Å². The fraction of sp³-hybridized carbons (Fsp3) is 0.444. The zero-order chi connectivity index (χ0) is 17.6. The van der Waals surface area contributed by atoms with E-state index in [2.05, 4.69) is 25.4 Å². The Morgan fingerprint density at radius 3 is 2.68 bits per heavy atom. The minimum atomic E-state index is -0.135. The average Bonchev–Trinajstić information content (AvgIpc) is 2.82. The van der Waals surface area contributed by atoms with E-state index in [1.165, 1.54) is 19.8 Å². The highest BCUT2D eigenvalue weighted by Crippen LogP contribution is 2.14. The van der Waals surface area contributed by atoms with Crippen LogP contribution in [-0.4, -0.2) is 33.1 Å². The first-order valence-corrected chi connectivity index (χ1v) is 8.70. The Hall–Kier alpha value is -2.70. The molecule has 1 aromatic carbocycles. The van der Waals surface area contributed by atoms with Gasteiger partial charge in [0, 0.05) is 44.1 Å². The van der Waals surface area contributed by atoms with Gasteiger partial charge in [-0.3, -0.25) is 9.59 Å². The predicted molar refractivity (Wildman–Crippen MR) is 94.4 cm³/mol. The molecule has 2 heterocycles. The molecular weight excluding hydrogens is 318 g/mol. The molecule has 0 radical (unpaired) electrons. The number of aromatic nitrogens is 3. The molecule has 132 valence electrons. The number of fused-ring (bicyclic) bond motifs is 1. The summed E-state index contributed by atoms with van der Waals surface area (Å²) in [7, 11) is 0. The van der Waals surface area contributed by atoms with Crippen molar-refractivity contribution in [2.45, 2.75) is 45.6 Å². The molecule has 2 N–H and O–H groups in total. The number of hydrogen-bond acceptors (Lipinski definition) is 4. The van der Waals surface area contributed by atoms with Crippen molar-refractivity contribution in [3.05, 3.63) is 41.5 Å². The van der Waals surface area contributed by atoms with Crippen molar-refractivity contribution in [2.75, 3.05) is 11.9 Å². The first kappa shape index (κ1) is 17.1. The van der Waals surface area contributed by atoms with Crippen molar-refractivity contribution >= 4 is 17.5 Å². The van der Waals surface area contributed by atoms with Crippen molar-refractivity contribution in [3.8, 4) is 0 Å². The van der Waals surface area contributed by atoms with E-state index in [4.69, 9.17) is 0 Å². The first-order valence-electron chi connectivity index (χ1n) is 8.70. The van der Waals surface area contributed by atoms with Crippen molar-refractivity contribution < 1.29 is 9.59 Å². The third-order valence-electron chi connectivity index (χ3n) is 4.29. The lowest BCUT2D eigenvalue weighted by Gasteiger charge is -2.08. The zero-order valence-electron chi connectivity index (χ0n) is 14.4. The monoisotopic (exact) mass is 341 g/mol. The van der Waals surface area contributed by atoms with Crippen LogP contribution in [0, 0.1) is 0 Å². The smallest absolute Gasteiger partial charge is 0.251 e. The summed E-state index contributed by atoms with van der Waals surface area (Å²) in [6, 6.07) is 6.83. The minimum Gasteiger partial charge on any atom is -0.352 e. The Balaban J connectivity index is 1.53. The van der Waals surface area contributed by atoms with Gasteiger partial charge in [-0.1, -0.05) is 6.42 Å². The summed E-state index contributed by atoms with van der Waals surface area (Å²) in [6.07, 6.45) is 5.21. The molecule has 7 nitrogen and oxygen atoms in total. The van der Waals surface area contributed by atoms with E-state index < -0.39 is 0 Å². The van der Waals surface area contributed by atoms with Gasteiger partial charge in [-0.25, -0.2) is 0 Å². The van der Waals surface area contributed by atoms with Crippen LogP contribution in [0.15, 0.2) is 24.3 Å². The van der Waals surface area contributed by atoms with Gasteiger partial charge in [0.05, 0.1) is 0 Å². The molecule has 0 aliphatic carbocycles. The van der Waals surface area contributed by atoms with Gasteiger partial charge < -0.3 is 15.2 Å². The van der Waals surface area contributed by atoms with Gasteiger partial charge in [0.15, 0.2) is 0 Å². The van der Waals surface area contributed by atoms with Gasteiger partial charge in [0.25, 0.3) is 5.91 Å². The Morgan fingerprint density at radius 2 is 1.92 bits per heavy atom. The summed E-state index contributed by atoms with van der Waals surface area (Å²) in [5.74, 6) is 1.74. The van der Waals surface area contributed by atoms with Crippen LogP contribution in [0.1, 0.15) is 48.2 Å². The third kappa shape index (κ3) is 4.43. The number of nitrogens with one attached hydrogen (secondary N) is 2. The van der Waals surface area contributed by atoms with E-state index in [1.807, 2.05) is 0 Å². The fourth-order valence-electron chi connectivity index (χ4n) is 3.03. The Morgan fingerprint density at radius 1 is 1.12 bits per heavy atom. The summed E-state index contributed by atoms with van der Waals surface area (Å²) >= 11 is 0. The lowest BCUT2D eigenvalue weighted by molar-refractivity contribution is -0.114. The normalized spacial score (nSPS) is 13.6. The van der Waals surface area contributed by atoms with Crippen LogP contribution in [0.4, 0.5) is 5.69 Å². The number of nitrogens with zero attached hydrogens (tertiary/aromatic N) is 3. The molecule has 0 fully saturated rings. The number of rotatable bonds is 5. The van der Waals surface area contributed by atoms with Gasteiger partial charge in [0.2, 0.25) is 5.91 Å². The number of hydrogen-bond donors (Lipinski definition) is 2. The van der Waals surface area contributed by atoms with Gasteiger partial charge in [-0.05, 0) is 37.1 Å². The van der Waals surface area contributed by atoms with Crippen LogP contribution in [0.3, 0.4) is 0 Å². The van der Waals surface area contributed by atoms with Crippen LogP contribution in [-0.2, 0) is 24.2 Å². The molecule has 1 aromatic heterocycles. The van der Waals surface area contributed by atoms with Gasteiger partial charge in [-0.15, -0.1) is 10.2 Å². The van der Waals surface area contributed by atoms with Crippen LogP contribution in [0.25, 0.3) is 0 Å². The number of benzene rings is 1. The lowest BCUT2D eigenvalue weighted by Crippen LogP contribution is -2.26. The quantitative estimate of drug-likeness (QED) is 0.870. The Bertz CT molecular complexity index is 751. The fourth-order valence-corrected chi connectivity index (χ4v) is 3.03. The van der Waals surface area contributed by atoms with Crippen molar-refractivity contribution in [1.82, 2.24) is 20.1 Å². The van der Waals surface area contributed by atoms with Crippen LogP contribution >= 0.6 is 0 Å². The summed E-state index contributed by atoms with van der Waals surface area (Å²) in [5.41, 5.74) is 1.24. The summed E-state index contributed by atoms with van der Waals surface area (Å²) in [5, 5.41) is 14.1. The molecule has 0 saturated carbocycles. The highest BCUT2D eigenvalue weighted by atomic mass is 16.2. The standard InChI is InChI=1S/C18H23N5O2/c1-13(24)20-15-8-6-14(7-9-15)18(25)19-11-10-17-22-21-16-5-3-2-4-12-23(16)17/h6-9H,2-5,10-12H2,1H3,(H,19,25)(H,20,24). The topological polar surface area (TPSA) is 88.9 Å². The number of anilines is 1. The average molecular weight is 341 g/mol. The largest absolute Gasteiger partial charge is 0.352 e. The second-order valence-electron chi connectivity index (χ2n) is 6.26. The molecule has 3 rings (SSSR count). The SMILES string of the molecule is CC(=O)Nc1ccc(C(=O)NCCc2nnc3n2CCCCC3)cc1. The van der Waals surface area contributed by atoms with Crippen LogP contribution in [0.2, 0.25) is 0 Å². The van der Waals surface area contributed by atoms with E-state index in [-0.39, 0.29) is 11.8 Å². The van der Waals surface area contributed by atoms with Crippen LogP contribution < -0.4 is 10.6 Å². The zero-order valence-corrected chi connectivity index (χ0v) is 14.4. The molecule has 1 aliphatic heterocycles. The number of carbonyl (C=O) groups is 2. The Kier molecular flexibility index (Phi) is 5.42. The van der Waals surface area contributed by atoms with E-state index in [0.29, 0.717) is 24.2 Å². The number of amides is 2. The molecule has 0 spiro atoms. The molecule has 0 unspecified atom stereocenters. The predicted octanol–water partition coefficient (Wildman–Crippen LogP) is 1.94. The van der Waals surface area contributed by atoms with E-state index in [1.54, 1.807) is 24.3 Å². The molecule has 7 heteroatoms. The third-order valence-corrected chi connectivity index (χ3v) is 4.29. The summed E-state index contributed by atoms with van der Waals surface area (Å²) < 4.78 is 2.20. The van der Waals surface area contributed by atoms with Crippen molar-refractivity contribution in [1.29, 1.82) is 0 Å². The summed E-state index contributed by atoms with van der Waals surface area (Å²) in [4.78, 5) is 23.2. The molecule has 2 amide bonds. The maximum absolute atomic E-state index is 12.2. The number of carbonyl (C=O) groups excluding carboxylic acids is 2. The molecule has 0 atom stereocenters. The van der Waals surface area contributed by atoms with Crippen molar-refractivity contribution in [2.24, 2.45) is 0 Å². The van der Waals surface area contributed by atoms with E-state index in [9.17, 15) is 9.59 Å². The Labute approximate surface area is 146 Å². The second kappa shape index (κ2) is 7.92.